The Bertz CT molecular complexity index is 584. The standard InChI is InChI=1S/C14H21N3O3S.ClH/c15-10-14(18)16-11-12-4-6-13(7-5-12)21(19,20)17-8-2-1-3-9-17;/h4-7H,1-3,8-11,15H2,(H,16,18);1H. The smallest absolute Gasteiger partial charge is 0.243 e. The van der Waals surface area contributed by atoms with Crippen LogP contribution in [0.4, 0.5) is 0 Å². The van der Waals surface area contributed by atoms with E-state index in [1.54, 1.807) is 28.6 Å². The van der Waals surface area contributed by atoms with Gasteiger partial charge in [-0.05, 0) is 30.5 Å². The van der Waals surface area contributed by atoms with Gasteiger partial charge in [0, 0.05) is 19.6 Å². The molecule has 1 saturated heterocycles. The van der Waals surface area contributed by atoms with Gasteiger partial charge in [-0.15, -0.1) is 12.4 Å². The summed E-state index contributed by atoms with van der Waals surface area (Å²) < 4.78 is 26.4. The number of hydrogen-bond donors (Lipinski definition) is 2. The molecule has 0 aliphatic carbocycles. The first kappa shape index (κ1) is 18.9. The minimum Gasteiger partial charge on any atom is -0.351 e. The normalized spacial score (nSPS) is 15.9. The highest BCUT2D eigenvalue weighted by Crippen LogP contribution is 2.20. The lowest BCUT2D eigenvalue weighted by atomic mass is 10.2. The van der Waals surface area contributed by atoms with Crippen molar-refractivity contribution in [1.29, 1.82) is 0 Å². The number of nitrogens with zero attached hydrogens (tertiary/aromatic N) is 1. The Morgan fingerprint density at radius 3 is 2.27 bits per heavy atom. The average molecular weight is 348 g/mol. The minimum atomic E-state index is -3.39. The van der Waals surface area contributed by atoms with E-state index in [1.807, 2.05) is 0 Å². The quantitative estimate of drug-likeness (QED) is 0.826. The van der Waals surface area contributed by atoms with E-state index in [4.69, 9.17) is 5.73 Å². The van der Waals surface area contributed by atoms with Crippen LogP contribution in [0.25, 0.3) is 0 Å². The third-order valence-corrected chi connectivity index (χ3v) is 5.46. The van der Waals surface area contributed by atoms with E-state index in [1.165, 1.54) is 0 Å². The maximum absolute atomic E-state index is 12.5. The molecule has 1 aromatic rings. The van der Waals surface area contributed by atoms with Crippen LogP contribution in [0.3, 0.4) is 0 Å². The van der Waals surface area contributed by atoms with Crippen LogP contribution < -0.4 is 11.1 Å². The SMILES string of the molecule is Cl.NCC(=O)NCc1ccc(S(=O)(=O)N2CCCCC2)cc1. The summed E-state index contributed by atoms with van der Waals surface area (Å²) in [5.74, 6) is -0.236. The third kappa shape index (κ3) is 4.67. The van der Waals surface area contributed by atoms with Crippen LogP contribution in [0.15, 0.2) is 29.2 Å². The monoisotopic (exact) mass is 347 g/mol. The summed E-state index contributed by atoms with van der Waals surface area (Å²) in [6, 6.07) is 6.61. The molecule has 0 unspecified atom stereocenters. The fourth-order valence-corrected chi connectivity index (χ4v) is 3.82. The van der Waals surface area contributed by atoms with Crippen molar-refractivity contribution in [2.45, 2.75) is 30.7 Å². The van der Waals surface area contributed by atoms with Gasteiger partial charge >= 0.3 is 0 Å². The zero-order chi connectivity index (χ0) is 15.3. The predicted octanol–water partition coefficient (Wildman–Crippen LogP) is 0.858. The van der Waals surface area contributed by atoms with Crippen molar-refractivity contribution in [3.8, 4) is 0 Å². The first-order valence-corrected chi connectivity index (χ1v) is 8.54. The summed E-state index contributed by atoms with van der Waals surface area (Å²) in [5.41, 5.74) is 6.05. The molecule has 6 nitrogen and oxygen atoms in total. The molecule has 8 heteroatoms. The van der Waals surface area contributed by atoms with Crippen molar-refractivity contribution >= 4 is 28.3 Å². The number of nitrogens with two attached hydrogens (primary N) is 1. The summed E-state index contributed by atoms with van der Waals surface area (Å²) in [7, 11) is -3.39. The molecule has 0 bridgehead atoms. The van der Waals surface area contributed by atoms with Gasteiger partial charge in [-0.25, -0.2) is 8.42 Å². The van der Waals surface area contributed by atoms with Gasteiger partial charge in [0.2, 0.25) is 15.9 Å². The predicted molar refractivity (Wildman–Crippen MR) is 87.2 cm³/mol. The Labute approximate surface area is 137 Å². The van der Waals surface area contributed by atoms with Gasteiger partial charge in [-0.2, -0.15) is 4.31 Å². The Balaban J connectivity index is 0.00000242. The summed E-state index contributed by atoms with van der Waals surface area (Å²) in [4.78, 5) is 11.4. The molecule has 1 aliphatic heterocycles. The third-order valence-electron chi connectivity index (χ3n) is 3.55. The lowest BCUT2D eigenvalue weighted by Crippen LogP contribution is -2.35. The van der Waals surface area contributed by atoms with E-state index in [9.17, 15) is 13.2 Å². The Morgan fingerprint density at radius 2 is 1.73 bits per heavy atom. The van der Waals surface area contributed by atoms with Crippen molar-refractivity contribution in [3.63, 3.8) is 0 Å². The number of halogens is 1. The van der Waals surface area contributed by atoms with Crippen molar-refractivity contribution < 1.29 is 13.2 Å². The summed E-state index contributed by atoms with van der Waals surface area (Å²) in [6.07, 6.45) is 2.93. The van der Waals surface area contributed by atoms with Crippen LogP contribution in [0.5, 0.6) is 0 Å². The summed E-state index contributed by atoms with van der Waals surface area (Å²) in [6.45, 7) is 1.48. The summed E-state index contributed by atoms with van der Waals surface area (Å²) >= 11 is 0. The molecular weight excluding hydrogens is 326 g/mol. The van der Waals surface area contributed by atoms with Crippen LogP contribution in [0.2, 0.25) is 0 Å². The molecule has 3 N–H and O–H groups in total. The highest BCUT2D eigenvalue weighted by atomic mass is 35.5. The number of amides is 1. The molecule has 1 fully saturated rings. The molecule has 0 radical (unpaired) electrons. The number of carbonyl (C=O) groups excluding carboxylic acids is 1. The maximum atomic E-state index is 12.5. The van der Waals surface area contributed by atoms with Crippen molar-refractivity contribution in [1.82, 2.24) is 9.62 Å². The second-order valence-electron chi connectivity index (χ2n) is 5.09. The molecule has 1 aromatic carbocycles. The Morgan fingerprint density at radius 1 is 1.14 bits per heavy atom. The first-order valence-electron chi connectivity index (χ1n) is 7.10. The van der Waals surface area contributed by atoms with E-state index in [0.29, 0.717) is 24.5 Å². The molecule has 1 heterocycles. The number of sulfonamides is 1. The lowest BCUT2D eigenvalue weighted by molar-refractivity contribution is -0.119. The number of benzene rings is 1. The second kappa shape index (κ2) is 8.47. The van der Waals surface area contributed by atoms with Crippen molar-refractivity contribution in [3.05, 3.63) is 29.8 Å². The topological polar surface area (TPSA) is 92.5 Å². The molecule has 0 aromatic heterocycles. The first-order chi connectivity index (χ1) is 10.0. The molecule has 0 saturated carbocycles. The van der Waals surface area contributed by atoms with E-state index in [0.717, 1.165) is 24.8 Å². The molecule has 22 heavy (non-hydrogen) atoms. The number of nitrogens with one attached hydrogen (secondary N) is 1. The largest absolute Gasteiger partial charge is 0.351 e. The van der Waals surface area contributed by atoms with Crippen molar-refractivity contribution in [2.24, 2.45) is 5.73 Å². The van der Waals surface area contributed by atoms with Gasteiger partial charge in [0.15, 0.2) is 0 Å². The lowest BCUT2D eigenvalue weighted by Gasteiger charge is -2.25. The molecule has 1 aliphatic rings. The maximum Gasteiger partial charge on any atom is 0.243 e. The van der Waals surface area contributed by atoms with Crippen LogP contribution in [0, 0.1) is 0 Å². The van der Waals surface area contributed by atoms with E-state index >= 15 is 0 Å². The van der Waals surface area contributed by atoms with Gasteiger partial charge in [0.05, 0.1) is 11.4 Å². The minimum absolute atomic E-state index is 0. The van der Waals surface area contributed by atoms with Gasteiger partial charge in [-0.3, -0.25) is 4.79 Å². The molecule has 0 atom stereocenters. The molecule has 2 rings (SSSR count). The van der Waals surface area contributed by atoms with Crippen LogP contribution in [-0.2, 0) is 21.4 Å². The fraction of sp³-hybridized carbons (Fsp3) is 0.500. The second-order valence-corrected chi connectivity index (χ2v) is 7.03. The van der Waals surface area contributed by atoms with E-state index in [2.05, 4.69) is 5.32 Å². The zero-order valence-corrected chi connectivity index (χ0v) is 14.0. The number of carbonyl (C=O) groups is 1. The zero-order valence-electron chi connectivity index (χ0n) is 12.3. The Hall–Kier alpha value is -1.15. The molecule has 0 spiro atoms. The van der Waals surface area contributed by atoms with Crippen LogP contribution in [0.1, 0.15) is 24.8 Å². The summed E-state index contributed by atoms with van der Waals surface area (Å²) in [5, 5.41) is 2.65. The highest BCUT2D eigenvalue weighted by Gasteiger charge is 2.25. The number of rotatable bonds is 5. The van der Waals surface area contributed by atoms with Gasteiger partial charge in [0.25, 0.3) is 0 Å². The molecule has 1 amide bonds. The number of piperidine rings is 1. The Kier molecular flexibility index (Phi) is 7.28. The number of hydrogen-bond acceptors (Lipinski definition) is 4. The molecule has 124 valence electrons. The van der Waals surface area contributed by atoms with Gasteiger partial charge in [-0.1, -0.05) is 18.6 Å². The average Bonchev–Trinajstić information content (AvgIpc) is 2.53. The van der Waals surface area contributed by atoms with E-state index in [-0.39, 0.29) is 24.9 Å². The van der Waals surface area contributed by atoms with Crippen molar-refractivity contribution in [2.75, 3.05) is 19.6 Å². The van der Waals surface area contributed by atoms with Crippen LogP contribution >= 0.6 is 12.4 Å². The fourth-order valence-electron chi connectivity index (χ4n) is 2.31. The van der Waals surface area contributed by atoms with E-state index < -0.39 is 10.0 Å². The van der Waals surface area contributed by atoms with Crippen LogP contribution in [-0.4, -0.2) is 38.3 Å². The highest BCUT2D eigenvalue weighted by molar-refractivity contribution is 7.89. The molecular formula is C14H22ClN3O3S. The van der Waals surface area contributed by atoms with Gasteiger partial charge < -0.3 is 11.1 Å². The van der Waals surface area contributed by atoms with Gasteiger partial charge in [0.1, 0.15) is 0 Å².